The van der Waals surface area contributed by atoms with Crippen LogP contribution < -0.4 is 21.3 Å². The number of rotatable bonds is 7. The number of halogens is 2. The lowest BCUT2D eigenvalue weighted by atomic mass is 9.96. The smallest absolute Gasteiger partial charge is 0.329 e. The quantitative estimate of drug-likeness (QED) is 0.111. The average Bonchev–Trinajstić information content (AvgIpc) is 2.99. The van der Waals surface area contributed by atoms with Gasteiger partial charge in [0.2, 0.25) is 5.91 Å². The number of anilines is 3. The predicted molar refractivity (Wildman–Crippen MR) is 169 cm³/mol. The summed E-state index contributed by atoms with van der Waals surface area (Å²) in [6, 6.07) is 12.8. The summed E-state index contributed by atoms with van der Waals surface area (Å²) in [5.74, 6) is -1.95. The highest BCUT2D eigenvalue weighted by Gasteiger charge is 2.37. The lowest BCUT2D eigenvalue weighted by Gasteiger charge is -2.48. The molecular weight excluding hydrogens is 604 g/mol. The Morgan fingerprint density at radius 2 is 1.82 bits per heavy atom. The van der Waals surface area contributed by atoms with Crippen LogP contribution in [-0.4, -0.2) is 70.9 Å². The molecule has 45 heavy (non-hydrogen) atoms. The van der Waals surface area contributed by atoms with Crippen molar-refractivity contribution in [3.05, 3.63) is 77.4 Å². The van der Waals surface area contributed by atoms with Crippen molar-refractivity contribution in [2.45, 2.75) is 42.1 Å². The first-order valence-electron chi connectivity index (χ1n) is 14.3. The van der Waals surface area contributed by atoms with Gasteiger partial charge in [-0.2, -0.15) is 4.55 Å². The number of hydrogen-bond acceptors (Lipinski definition) is 8. The zero-order valence-corrected chi connectivity index (χ0v) is 26.0. The summed E-state index contributed by atoms with van der Waals surface area (Å²) in [6.07, 6.45) is 0.0503. The molecule has 3 amide bonds. The van der Waals surface area contributed by atoms with E-state index in [1.165, 1.54) is 18.2 Å². The number of hydrogen-bond donors (Lipinski definition) is 5. The van der Waals surface area contributed by atoms with Crippen molar-refractivity contribution in [1.29, 1.82) is 5.41 Å². The molecule has 6 N–H and O–H groups in total. The zero-order chi connectivity index (χ0) is 32.7. The molecule has 0 aliphatic carbocycles. The van der Waals surface area contributed by atoms with E-state index < -0.39 is 39.3 Å². The number of nitrogens with two attached hydrogens (primary N) is 1. The van der Waals surface area contributed by atoms with Gasteiger partial charge in [-0.3, -0.25) is 25.3 Å². The van der Waals surface area contributed by atoms with Crippen molar-refractivity contribution in [1.82, 2.24) is 15.1 Å². The highest BCUT2D eigenvalue weighted by Crippen LogP contribution is 2.35. The number of piperazine rings is 1. The van der Waals surface area contributed by atoms with E-state index in [0.717, 1.165) is 16.5 Å². The number of nitrogens with zero attached hydrogens (tertiary/aromatic N) is 3. The molecule has 5 rings (SSSR count). The van der Waals surface area contributed by atoms with Crippen molar-refractivity contribution in [2.24, 2.45) is 0 Å². The van der Waals surface area contributed by atoms with Crippen LogP contribution in [0.2, 0.25) is 0 Å². The zero-order valence-electron chi connectivity index (χ0n) is 25.2. The van der Waals surface area contributed by atoms with Crippen LogP contribution >= 0.6 is 0 Å². The molecule has 1 atom stereocenters. The van der Waals surface area contributed by atoms with Gasteiger partial charge in [0.05, 0.1) is 17.1 Å². The summed E-state index contributed by atoms with van der Waals surface area (Å²) in [4.78, 5) is 29.2. The van der Waals surface area contributed by atoms with Crippen LogP contribution in [0.3, 0.4) is 0 Å². The van der Waals surface area contributed by atoms with E-state index in [-0.39, 0.29) is 45.5 Å². The van der Waals surface area contributed by atoms with Crippen molar-refractivity contribution in [3.63, 3.8) is 0 Å². The summed E-state index contributed by atoms with van der Waals surface area (Å²) in [5, 5.41) is 13.6. The lowest BCUT2D eigenvalue weighted by molar-refractivity contribution is -0.121. The number of carbonyl (C=O) groups is 2. The maximum absolute atomic E-state index is 16.0. The summed E-state index contributed by atoms with van der Waals surface area (Å²) in [7, 11) is -2.18. The summed E-state index contributed by atoms with van der Waals surface area (Å²) < 4.78 is 54.2. The second-order valence-corrected chi connectivity index (χ2v) is 13.7. The number of urea groups is 1. The molecule has 2 aliphatic rings. The molecule has 2 heterocycles. The number of benzene rings is 3. The third kappa shape index (κ3) is 6.26. The van der Waals surface area contributed by atoms with Crippen molar-refractivity contribution in [3.8, 4) is 0 Å². The van der Waals surface area contributed by atoms with Gasteiger partial charge >= 0.3 is 6.03 Å². The van der Waals surface area contributed by atoms with Crippen molar-refractivity contribution in [2.75, 3.05) is 49.2 Å². The molecule has 0 aromatic heterocycles. The van der Waals surface area contributed by atoms with Gasteiger partial charge in [-0.25, -0.2) is 13.6 Å². The Hall–Kier alpha value is -4.40. The fraction of sp³-hybridized carbons (Fsp3) is 0.323. The fourth-order valence-corrected chi connectivity index (χ4v) is 7.08. The number of imide groups is 1. The Labute approximate surface area is 261 Å². The van der Waals surface area contributed by atoms with Gasteiger partial charge in [-0.15, -0.1) is 0 Å². The molecule has 3 aromatic carbocycles. The third-order valence-electron chi connectivity index (χ3n) is 8.25. The van der Waals surface area contributed by atoms with E-state index in [1.807, 2.05) is 24.8 Å². The number of carbonyl (C=O) groups excluding carboxylic acids is 2. The molecule has 0 radical (unpaired) electrons. The molecule has 2 aliphatic heterocycles. The van der Waals surface area contributed by atoms with E-state index >= 15 is 4.39 Å². The van der Waals surface area contributed by atoms with Crippen LogP contribution in [0.15, 0.2) is 64.4 Å². The van der Waals surface area contributed by atoms with E-state index in [1.54, 1.807) is 31.3 Å². The predicted octanol–water partition coefficient (Wildman–Crippen LogP) is 4.35. The molecule has 14 heteroatoms. The molecular formula is C31H36F2N7O4S+. The van der Waals surface area contributed by atoms with E-state index in [9.17, 15) is 22.7 Å². The molecule has 0 bridgehead atoms. The number of nitrogen functional groups attached to an aromatic ring is 1. The molecule has 3 aromatic rings. The van der Waals surface area contributed by atoms with Crippen molar-refractivity contribution >= 4 is 45.0 Å². The van der Waals surface area contributed by atoms with Gasteiger partial charge in [0.1, 0.15) is 5.84 Å². The minimum atomic E-state index is -3.72. The summed E-state index contributed by atoms with van der Waals surface area (Å²) >= 11 is 0. The fourth-order valence-electron chi connectivity index (χ4n) is 5.72. The molecule has 0 saturated carbocycles. The van der Waals surface area contributed by atoms with Crippen molar-refractivity contribution < 1.29 is 27.1 Å². The summed E-state index contributed by atoms with van der Waals surface area (Å²) in [5.41, 5.74) is 6.40. The maximum Gasteiger partial charge on any atom is 0.329 e. The first-order valence-corrected chi connectivity index (χ1v) is 15.9. The molecule has 0 spiro atoms. The molecule has 2 saturated heterocycles. The van der Waals surface area contributed by atoms with Gasteiger partial charge in [0.15, 0.2) is 21.4 Å². The van der Waals surface area contributed by atoms with Crippen LogP contribution in [0, 0.1) is 17.0 Å². The number of amides is 3. The minimum Gasteiger partial charge on any atom is -0.396 e. The maximum atomic E-state index is 16.0. The summed E-state index contributed by atoms with van der Waals surface area (Å²) in [6.45, 7) is 6.06. The van der Waals surface area contributed by atoms with Crippen LogP contribution in [-0.2, 0) is 25.8 Å². The Balaban J connectivity index is 1.32. The van der Waals surface area contributed by atoms with Gasteiger partial charge in [-0.1, -0.05) is 16.3 Å². The Morgan fingerprint density at radius 1 is 1.09 bits per heavy atom. The first kappa shape index (κ1) is 32.0. The van der Waals surface area contributed by atoms with Gasteiger partial charge in [0, 0.05) is 69.4 Å². The third-order valence-corrected chi connectivity index (χ3v) is 10.0. The second-order valence-electron chi connectivity index (χ2n) is 11.7. The van der Waals surface area contributed by atoms with Crippen LogP contribution in [0.4, 0.5) is 30.6 Å². The Morgan fingerprint density at radius 3 is 2.49 bits per heavy atom. The Bertz CT molecular complexity index is 1730. The van der Waals surface area contributed by atoms with Gasteiger partial charge < -0.3 is 16.0 Å². The van der Waals surface area contributed by atoms with Crippen LogP contribution in [0.1, 0.15) is 31.4 Å². The van der Waals surface area contributed by atoms with E-state index in [0.29, 0.717) is 31.9 Å². The van der Waals surface area contributed by atoms with E-state index in [2.05, 4.69) is 15.5 Å². The minimum absolute atomic E-state index is 0.0322. The highest BCUT2D eigenvalue weighted by atomic mass is 32.3. The molecule has 238 valence electrons. The lowest BCUT2D eigenvalue weighted by Crippen LogP contribution is -2.59. The highest BCUT2D eigenvalue weighted by molar-refractivity contribution is 7.97. The van der Waals surface area contributed by atoms with Crippen LogP contribution in [0.5, 0.6) is 0 Å². The topological polar surface area (TPSA) is 155 Å². The van der Waals surface area contributed by atoms with Gasteiger partial charge in [0.25, 0.3) is 10.2 Å². The van der Waals surface area contributed by atoms with Crippen LogP contribution in [0.25, 0.3) is 0 Å². The van der Waals surface area contributed by atoms with Gasteiger partial charge in [-0.05, 0) is 49.7 Å². The largest absolute Gasteiger partial charge is 0.396 e. The molecule has 2 fully saturated rings. The monoisotopic (exact) mass is 640 g/mol. The number of nitrogens with one attached hydrogen (secondary N) is 3. The average molecular weight is 641 g/mol. The SMILES string of the molecule is CNc1c(C(=N)N2CCC(=O)NC2=O)ccc(N2CCN(Cc3cccc([S+](=O)(O)c4ccc(N)c(F)c4)c3)C(C)(C)C2)c1F. The molecule has 11 nitrogen and oxygen atoms in total. The Kier molecular flexibility index (Phi) is 8.66. The normalized spacial score (nSPS) is 18.4. The second kappa shape index (κ2) is 12.2. The molecule has 1 unspecified atom stereocenters. The number of amidine groups is 1. The first-order chi connectivity index (χ1) is 21.2. The van der Waals surface area contributed by atoms with E-state index in [4.69, 9.17) is 11.1 Å². The standard InChI is InChI=1S/C31H35F2N7O4S/c1-31(2)18-38(25-10-8-22(28(36-3)27(25)33)29(35)40-12-11-26(41)37-30(40)42)13-14-39(31)17-19-5-4-6-20(15-19)45(43,44)21-7-9-24(34)23(32)16-21/h4-10,15-16H,11-14,17-18H2,1-3H3,(H5-,34,35,36,37,41,42,43,44)/p+1.